The second-order valence-corrected chi connectivity index (χ2v) is 6.62. The minimum absolute atomic E-state index is 0.0512. The minimum Gasteiger partial charge on any atom is -0.351 e. The van der Waals surface area contributed by atoms with Gasteiger partial charge in [0, 0.05) is 25.1 Å². The van der Waals surface area contributed by atoms with Crippen molar-refractivity contribution in [3.63, 3.8) is 0 Å². The largest absolute Gasteiger partial charge is 0.351 e. The Hall–Kier alpha value is -1.90. The lowest BCUT2D eigenvalue weighted by Gasteiger charge is -2.18. The van der Waals surface area contributed by atoms with Crippen molar-refractivity contribution < 1.29 is 4.79 Å². The van der Waals surface area contributed by atoms with Crippen molar-refractivity contribution in [1.29, 1.82) is 0 Å². The van der Waals surface area contributed by atoms with Crippen molar-refractivity contribution >= 4 is 11.6 Å². The highest BCUT2D eigenvalue weighted by atomic mass is 16.2. The molecule has 1 amide bonds. The Morgan fingerprint density at radius 1 is 0.957 bits per heavy atom. The molecular weight excluding hydrogens is 284 g/mol. The number of hydrogen-bond acceptors (Lipinski definition) is 2. The van der Waals surface area contributed by atoms with E-state index in [0.717, 1.165) is 24.1 Å². The molecule has 0 radical (unpaired) electrons. The fourth-order valence-electron chi connectivity index (χ4n) is 3.32. The van der Waals surface area contributed by atoms with Crippen molar-refractivity contribution in [2.45, 2.75) is 61.3 Å². The molecule has 0 saturated heterocycles. The van der Waals surface area contributed by atoms with Gasteiger partial charge in [0.2, 0.25) is 0 Å². The molecule has 0 aliphatic carbocycles. The Morgan fingerprint density at radius 2 is 1.48 bits per heavy atom. The molecule has 23 heavy (non-hydrogen) atoms. The van der Waals surface area contributed by atoms with Gasteiger partial charge in [-0.1, -0.05) is 0 Å². The SMILES string of the molecule is CCNC(=O)C1=C(C)CC(Cc2c(C)c(C)c(C)c(C)c2C)=N1. The third-order valence-electron chi connectivity index (χ3n) is 5.23. The van der Waals surface area contributed by atoms with Crippen LogP contribution in [-0.4, -0.2) is 18.2 Å². The molecule has 0 spiro atoms. The van der Waals surface area contributed by atoms with Crippen LogP contribution < -0.4 is 5.32 Å². The average Bonchev–Trinajstić information content (AvgIpc) is 2.88. The van der Waals surface area contributed by atoms with Gasteiger partial charge < -0.3 is 5.32 Å². The molecule has 1 aromatic carbocycles. The number of allylic oxidation sites excluding steroid dienone is 1. The van der Waals surface area contributed by atoms with Crippen LogP contribution in [0, 0.1) is 34.6 Å². The second kappa shape index (κ2) is 6.69. The van der Waals surface area contributed by atoms with Gasteiger partial charge >= 0.3 is 0 Å². The Labute approximate surface area is 139 Å². The number of amides is 1. The maximum Gasteiger partial charge on any atom is 0.269 e. The van der Waals surface area contributed by atoms with E-state index in [4.69, 9.17) is 0 Å². The van der Waals surface area contributed by atoms with Gasteiger partial charge in [0.1, 0.15) is 5.70 Å². The van der Waals surface area contributed by atoms with Crippen molar-refractivity contribution in [2.75, 3.05) is 6.54 Å². The number of aliphatic imine (C=N–C) groups is 1. The van der Waals surface area contributed by atoms with E-state index in [1.807, 2.05) is 13.8 Å². The molecule has 0 unspecified atom stereocenters. The van der Waals surface area contributed by atoms with Crippen LogP contribution in [0.2, 0.25) is 0 Å². The first-order chi connectivity index (χ1) is 10.8. The van der Waals surface area contributed by atoms with Crippen LogP contribution in [0.15, 0.2) is 16.3 Å². The number of carbonyl (C=O) groups excluding carboxylic acids is 1. The molecule has 3 nitrogen and oxygen atoms in total. The lowest BCUT2D eigenvalue weighted by molar-refractivity contribution is -0.117. The maximum atomic E-state index is 12.1. The Balaban J connectivity index is 2.32. The molecule has 124 valence electrons. The van der Waals surface area contributed by atoms with E-state index in [1.165, 1.54) is 33.4 Å². The van der Waals surface area contributed by atoms with Gasteiger partial charge in [-0.2, -0.15) is 0 Å². The second-order valence-electron chi connectivity index (χ2n) is 6.62. The molecule has 0 atom stereocenters. The lowest BCUT2D eigenvalue weighted by Crippen LogP contribution is -2.23. The first-order valence-corrected chi connectivity index (χ1v) is 8.38. The van der Waals surface area contributed by atoms with E-state index in [-0.39, 0.29) is 5.91 Å². The molecule has 1 aliphatic heterocycles. The van der Waals surface area contributed by atoms with Gasteiger partial charge in [-0.15, -0.1) is 0 Å². The fourth-order valence-corrected chi connectivity index (χ4v) is 3.32. The predicted molar refractivity (Wildman–Crippen MR) is 97.3 cm³/mol. The summed E-state index contributed by atoms with van der Waals surface area (Å²) in [7, 11) is 0. The van der Waals surface area contributed by atoms with E-state index < -0.39 is 0 Å². The summed E-state index contributed by atoms with van der Waals surface area (Å²) in [5.41, 5.74) is 11.0. The van der Waals surface area contributed by atoms with Crippen LogP contribution in [0.25, 0.3) is 0 Å². The van der Waals surface area contributed by atoms with E-state index in [0.29, 0.717) is 12.2 Å². The molecule has 2 rings (SSSR count). The molecule has 1 N–H and O–H groups in total. The predicted octanol–water partition coefficient (Wildman–Crippen LogP) is 4.03. The van der Waals surface area contributed by atoms with Crippen molar-refractivity contribution in [3.05, 3.63) is 44.7 Å². The van der Waals surface area contributed by atoms with Gasteiger partial charge in [-0.3, -0.25) is 9.79 Å². The third kappa shape index (κ3) is 3.24. The van der Waals surface area contributed by atoms with Crippen LogP contribution in [0.1, 0.15) is 53.6 Å². The summed E-state index contributed by atoms with van der Waals surface area (Å²) < 4.78 is 0. The molecule has 0 bridgehead atoms. The highest BCUT2D eigenvalue weighted by Crippen LogP contribution is 2.29. The average molecular weight is 312 g/mol. The van der Waals surface area contributed by atoms with Crippen LogP contribution in [-0.2, 0) is 11.2 Å². The van der Waals surface area contributed by atoms with E-state index in [1.54, 1.807) is 0 Å². The number of nitrogens with zero attached hydrogens (tertiary/aromatic N) is 1. The van der Waals surface area contributed by atoms with Crippen molar-refractivity contribution in [1.82, 2.24) is 5.32 Å². The topological polar surface area (TPSA) is 41.5 Å². The van der Waals surface area contributed by atoms with Gasteiger partial charge in [-0.05, 0) is 87.4 Å². The number of rotatable bonds is 4. The fraction of sp³-hybridized carbons (Fsp3) is 0.500. The summed E-state index contributed by atoms with van der Waals surface area (Å²) in [4.78, 5) is 16.7. The normalized spacial score (nSPS) is 14.3. The highest BCUT2D eigenvalue weighted by Gasteiger charge is 2.22. The smallest absolute Gasteiger partial charge is 0.269 e. The summed E-state index contributed by atoms with van der Waals surface area (Å²) in [6.45, 7) is 15.6. The van der Waals surface area contributed by atoms with Gasteiger partial charge in [0.15, 0.2) is 0 Å². The number of hydrogen-bond donors (Lipinski definition) is 1. The molecule has 1 heterocycles. The number of nitrogens with one attached hydrogen (secondary N) is 1. The monoisotopic (exact) mass is 312 g/mol. The van der Waals surface area contributed by atoms with E-state index in [2.05, 4.69) is 44.9 Å². The summed E-state index contributed by atoms with van der Waals surface area (Å²) in [5.74, 6) is -0.0512. The van der Waals surface area contributed by atoms with Gasteiger partial charge in [0.25, 0.3) is 5.91 Å². The standard InChI is InChI=1S/C20H28N2O/c1-8-21-20(23)19-11(2)9-17(22-19)10-18-15(6)13(4)12(3)14(5)16(18)7/h8-10H2,1-7H3,(H,21,23). The molecule has 0 aromatic heterocycles. The summed E-state index contributed by atoms with van der Waals surface area (Å²) in [6, 6.07) is 0. The van der Waals surface area contributed by atoms with Gasteiger partial charge in [-0.25, -0.2) is 0 Å². The molecule has 1 aliphatic rings. The first kappa shape index (κ1) is 17.5. The Morgan fingerprint density at radius 3 is 2.00 bits per heavy atom. The number of likely N-dealkylation sites (N-methyl/N-ethyl adjacent to an activating group) is 1. The van der Waals surface area contributed by atoms with E-state index >= 15 is 0 Å². The van der Waals surface area contributed by atoms with Crippen LogP contribution in [0.4, 0.5) is 0 Å². The lowest BCUT2D eigenvalue weighted by atomic mass is 9.87. The highest BCUT2D eigenvalue weighted by molar-refractivity contribution is 6.03. The molecule has 1 aromatic rings. The third-order valence-corrected chi connectivity index (χ3v) is 5.23. The number of carbonyl (C=O) groups is 1. The zero-order chi connectivity index (χ0) is 17.3. The van der Waals surface area contributed by atoms with Crippen LogP contribution >= 0.6 is 0 Å². The van der Waals surface area contributed by atoms with Crippen LogP contribution in [0.5, 0.6) is 0 Å². The maximum absolute atomic E-state index is 12.1. The summed E-state index contributed by atoms with van der Waals surface area (Å²) in [6.07, 6.45) is 1.64. The van der Waals surface area contributed by atoms with Crippen molar-refractivity contribution in [2.24, 2.45) is 4.99 Å². The minimum atomic E-state index is -0.0512. The molecule has 0 fully saturated rings. The number of benzene rings is 1. The van der Waals surface area contributed by atoms with Gasteiger partial charge in [0.05, 0.1) is 0 Å². The molecule has 3 heteroatoms. The molecule has 0 saturated carbocycles. The molecular formula is C20H28N2O. The van der Waals surface area contributed by atoms with Crippen molar-refractivity contribution in [3.8, 4) is 0 Å². The Kier molecular flexibility index (Phi) is 5.08. The first-order valence-electron chi connectivity index (χ1n) is 8.38. The quantitative estimate of drug-likeness (QED) is 0.896. The summed E-state index contributed by atoms with van der Waals surface area (Å²) in [5, 5.41) is 2.85. The summed E-state index contributed by atoms with van der Waals surface area (Å²) >= 11 is 0. The zero-order valence-electron chi connectivity index (χ0n) is 15.5. The zero-order valence-corrected chi connectivity index (χ0v) is 15.5. The Bertz CT molecular complexity index is 695. The van der Waals surface area contributed by atoms with E-state index in [9.17, 15) is 4.79 Å². The van der Waals surface area contributed by atoms with Crippen LogP contribution in [0.3, 0.4) is 0 Å².